The van der Waals surface area contributed by atoms with E-state index in [1.165, 1.54) is 23.8 Å². The molecule has 0 saturated heterocycles. The van der Waals surface area contributed by atoms with E-state index in [1.807, 2.05) is 36.4 Å². The number of anilines is 1. The summed E-state index contributed by atoms with van der Waals surface area (Å²) in [5.74, 6) is -0.334. The second-order valence-electron chi connectivity index (χ2n) is 7.08. The zero-order chi connectivity index (χ0) is 20.6. The van der Waals surface area contributed by atoms with Crippen molar-refractivity contribution < 1.29 is 23.0 Å². The molecule has 0 aliphatic carbocycles. The van der Waals surface area contributed by atoms with Crippen LogP contribution >= 0.6 is 0 Å². The number of alkyl halides is 2. The molecule has 148 valence electrons. The summed E-state index contributed by atoms with van der Waals surface area (Å²) in [6.45, 7) is 4.23. The van der Waals surface area contributed by atoms with Gasteiger partial charge in [-0.3, -0.25) is 4.79 Å². The largest absolute Gasteiger partial charge is 0.586 e. The highest BCUT2D eigenvalue weighted by Crippen LogP contribution is 2.45. The fourth-order valence-corrected chi connectivity index (χ4v) is 3.24. The highest BCUT2D eigenvalue weighted by molar-refractivity contribution is 6.09. The number of halogens is 2. The van der Waals surface area contributed by atoms with Gasteiger partial charge in [-0.25, -0.2) is 0 Å². The van der Waals surface area contributed by atoms with E-state index in [-0.39, 0.29) is 17.2 Å². The van der Waals surface area contributed by atoms with Gasteiger partial charge in [0.25, 0.3) is 5.91 Å². The molecule has 0 saturated carbocycles. The van der Waals surface area contributed by atoms with Gasteiger partial charge in [0.15, 0.2) is 11.5 Å². The smallest absolute Gasteiger partial charge is 0.395 e. The van der Waals surface area contributed by atoms with Gasteiger partial charge in [-0.05, 0) is 40.8 Å². The fraction of sp³-hybridized carbons (Fsp3) is 0.174. The Hall–Kier alpha value is -3.41. The molecule has 29 heavy (non-hydrogen) atoms. The van der Waals surface area contributed by atoms with Crippen LogP contribution in [0.25, 0.3) is 11.1 Å². The molecule has 0 unspecified atom stereocenters. The molecule has 0 radical (unpaired) electrons. The van der Waals surface area contributed by atoms with E-state index in [0.717, 1.165) is 11.1 Å². The van der Waals surface area contributed by atoms with E-state index < -0.39 is 12.2 Å². The molecule has 1 heterocycles. The molecule has 0 fully saturated rings. The van der Waals surface area contributed by atoms with Gasteiger partial charge in [0, 0.05) is 5.56 Å². The van der Waals surface area contributed by atoms with E-state index in [4.69, 9.17) is 0 Å². The van der Waals surface area contributed by atoms with Crippen molar-refractivity contribution in [3.8, 4) is 22.6 Å². The first-order chi connectivity index (χ1) is 13.8. The predicted molar refractivity (Wildman–Crippen MR) is 107 cm³/mol. The molecule has 4 rings (SSSR count). The first kappa shape index (κ1) is 18.9. The molecular weight excluding hydrogens is 376 g/mol. The molecular formula is C23H19F2NO3. The number of nitrogens with one attached hydrogen (secondary N) is 1. The molecule has 0 atom stereocenters. The van der Waals surface area contributed by atoms with Crippen molar-refractivity contribution in [2.75, 3.05) is 5.32 Å². The van der Waals surface area contributed by atoms with E-state index in [1.54, 1.807) is 12.1 Å². The zero-order valence-electron chi connectivity index (χ0n) is 15.9. The van der Waals surface area contributed by atoms with Gasteiger partial charge in [0.2, 0.25) is 0 Å². The van der Waals surface area contributed by atoms with Gasteiger partial charge >= 0.3 is 6.29 Å². The third-order valence-electron chi connectivity index (χ3n) is 4.74. The molecule has 1 amide bonds. The number of carbonyl (C=O) groups excluding carboxylic acids is 1. The number of benzene rings is 3. The van der Waals surface area contributed by atoms with Gasteiger partial charge in [-0.15, -0.1) is 8.78 Å². The molecule has 0 spiro atoms. The Morgan fingerprint density at radius 1 is 0.931 bits per heavy atom. The number of ether oxygens (including phenoxy) is 2. The summed E-state index contributed by atoms with van der Waals surface area (Å²) in [6.07, 6.45) is -3.75. The molecule has 6 heteroatoms. The Labute approximate surface area is 167 Å². The van der Waals surface area contributed by atoms with Crippen molar-refractivity contribution in [3.63, 3.8) is 0 Å². The number of hydrogen-bond acceptors (Lipinski definition) is 3. The van der Waals surface area contributed by atoms with E-state index >= 15 is 0 Å². The Morgan fingerprint density at radius 2 is 1.66 bits per heavy atom. The van der Waals surface area contributed by atoms with Crippen molar-refractivity contribution in [2.24, 2.45) is 0 Å². The average Bonchev–Trinajstić information content (AvgIpc) is 3.03. The number of fused-ring (bicyclic) bond motifs is 1. The molecule has 1 N–H and O–H groups in total. The zero-order valence-corrected chi connectivity index (χ0v) is 15.9. The number of carbonyl (C=O) groups is 1. The van der Waals surface area contributed by atoms with Crippen molar-refractivity contribution >= 4 is 11.6 Å². The minimum Gasteiger partial charge on any atom is -0.395 e. The highest BCUT2D eigenvalue weighted by Gasteiger charge is 2.44. The summed E-state index contributed by atoms with van der Waals surface area (Å²) in [5.41, 5.74) is 3.39. The van der Waals surface area contributed by atoms with Crippen LogP contribution in [0.5, 0.6) is 11.5 Å². The molecule has 3 aromatic rings. The lowest BCUT2D eigenvalue weighted by atomic mass is 9.95. The van der Waals surface area contributed by atoms with Crippen LogP contribution in [0.3, 0.4) is 0 Å². The van der Waals surface area contributed by atoms with E-state index in [2.05, 4.69) is 28.6 Å². The van der Waals surface area contributed by atoms with Crippen LogP contribution in [0.15, 0.2) is 66.7 Å². The first-order valence-electron chi connectivity index (χ1n) is 9.23. The lowest BCUT2D eigenvalue weighted by Crippen LogP contribution is -2.26. The van der Waals surface area contributed by atoms with Crippen molar-refractivity contribution in [1.82, 2.24) is 0 Å². The lowest BCUT2D eigenvalue weighted by Gasteiger charge is -2.13. The summed E-state index contributed by atoms with van der Waals surface area (Å²) in [4.78, 5) is 12.9. The van der Waals surface area contributed by atoms with Crippen molar-refractivity contribution in [2.45, 2.75) is 26.1 Å². The van der Waals surface area contributed by atoms with Gasteiger partial charge < -0.3 is 14.8 Å². The summed E-state index contributed by atoms with van der Waals surface area (Å²) in [7, 11) is 0. The van der Waals surface area contributed by atoms with Crippen LogP contribution < -0.4 is 14.8 Å². The third kappa shape index (κ3) is 3.78. The van der Waals surface area contributed by atoms with Crippen molar-refractivity contribution in [3.05, 3.63) is 77.9 Å². The van der Waals surface area contributed by atoms with Crippen LogP contribution in [0.2, 0.25) is 0 Å². The minimum atomic E-state index is -3.75. The first-order valence-corrected chi connectivity index (χ1v) is 9.23. The topological polar surface area (TPSA) is 47.6 Å². The number of amides is 1. The summed E-state index contributed by atoms with van der Waals surface area (Å²) < 4.78 is 35.8. The van der Waals surface area contributed by atoms with Crippen molar-refractivity contribution in [1.29, 1.82) is 0 Å². The maximum Gasteiger partial charge on any atom is 0.586 e. The number of hydrogen-bond donors (Lipinski definition) is 1. The van der Waals surface area contributed by atoms with Gasteiger partial charge in [0.05, 0.1) is 5.69 Å². The quantitative estimate of drug-likeness (QED) is 0.585. The average molecular weight is 395 g/mol. The van der Waals surface area contributed by atoms with Crippen LogP contribution in [0, 0.1) is 0 Å². The Kier molecular flexibility index (Phi) is 4.70. The lowest BCUT2D eigenvalue weighted by molar-refractivity contribution is -0.286. The second kappa shape index (κ2) is 7.20. The van der Waals surface area contributed by atoms with Gasteiger partial charge in [0.1, 0.15) is 0 Å². The van der Waals surface area contributed by atoms with Crippen LogP contribution in [0.1, 0.15) is 35.7 Å². The van der Waals surface area contributed by atoms with E-state index in [0.29, 0.717) is 11.5 Å². The predicted octanol–water partition coefficient (Wildman–Crippen LogP) is 6.05. The van der Waals surface area contributed by atoms with Crippen LogP contribution in [0.4, 0.5) is 14.5 Å². The number of rotatable bonds is 4. The molecule has 4 nitrogen and oxygen atoms in total. The van der Waals surface area contributed by atoms with Crippen LogP contribution in [-0.2, 0) is 0 Å². The minimum absolute atomic E-state index is 0.120. The molecule has 1 aliphatic rings. The Bertz CT molecular complexity index is 1060. The third-order valence-corrected chi connectivity index (χ3v) is 4.74. The standard InChI is InChI=1S/C23H19F2NO3/c1-14(2)15-10-12-16(13-11-15)17-6-3-4-7-18(17)22(27)26-19-8-5-9-20-21(19)29-23(24,25)28-20/h3-14H,1-2H3,(H,26,27). The summed E-state index contributed by atoms with van der Waals surface area (Å²) >= 11 is 0. The Morgan fingerprint density at radius 3 is 2.38 bits per heavy atom. The maximum absolute atomic E-state index is 13.4. The molecule has 0 bridgehead atoms. The van der Waals surface area contributed by atoms with Gasteiger partial charge in [-0.1, -0.05) is 62.4 Å². The highest BCUT2D eigenvalue weighted by atomic mass is 19.3. The fourth-order valence-electron chi connectivity index (χ4n) is 3.24. The summed E-state index contributed by atoms with van der Waals surface area (Å²) in [6, 6.07) is 19.5. The maximum atomic E-state index is 13.4. The van der Waals surface area contributed by atoms with Gasteiger partial charge in [-0.2, -0.15) is 0 Å². The normalized spacial score (nSPS) is 14.1. The Balaban J connectivity index is 1.64. The number of para-hydroxylation sites is 1. The molecule has 0 aromatic heterocycles. The monoisotopic (exact) mass is 395 g/mol. The SMILES string of the molecule is CC(C)c1ccc(-c2ccccc2C(=O)Nc2cccc3c2OC(F)(F)O3)cc1. The second-order valence-corrected chi connectivity index (χ2v) is 7.08. The van der Waals surface area contributed by atoms with Crippen LogP contribution in [-0.4, -0.2) is 12.2 Å². The molecule has 3 aromatic carbocycles. The van der Waals surface area contributed by atoms with E-state index in [9.17, 15) is 13.6 Å². The molecule has 1 aliphatic heterocycles. The summed E-state index contributed by atoms with van der Waals surface area (Å²) in [5, 5.41) is 2.66.